The number of carboxylic acid groups (broad SMARTS) is 1. The van der Waals surface area contributed by atoms with E-state index >= 15 is 0 Å². The number of hydrogen-bond acceptors (Lipinski definition) is 9. The summed E-state index contributed by atoms with van der Waals surface area (Å²) in [5.74, 6) is 0.243. The van der Waals surface area contributed by atoms with Gasteiger partial charge in [0.1, 0.15) is 17.8 Å². The predicted molar refractivity (Wildman–Crippen MR) is 172 cm³/mol. The summed E-state index contributed by atoms with van der Waals surface area (Å²) in [7, 11) is 0. The summed E-state index contributed by atoms with van der Waals surface area (Å²) in [5, 5.41) is 39.1. The van der Waals surface area contributed by atoms with Gasteiger partial charge in [-0.25, -0.2) is 9.78 Å². The molecule has 0 bridgehead atoms. The van der Waals surface area contributed by atoms with E-state index in [0.29, 0.717) is 41.8 Å². The van der Waals surface area contributed by atoms with E-state index in [1.807, 2.05) is 30.3 Å². The molecule has 5 rings (SSSR count). The number of carbonyl (C=O) groups excluding carboxylic acids is 1. The highest BCUT2D eigenvalue weighted by Gasteiger charge is 2.18. The van der Waals surface area contributed by atoms with Gasteiger partial charge in [-0.3, -0.25) is 9.59 Å². The number of aliphatic hydroxyl groups excluding tert-OH is 1. The number of aromatic nitrogens is 2. The Morgan fingerprint density at radius 3 is 2.55 bits per heavy atom. The van der Waals surface area contributed by atoms with Crippen LogP contribution >= 0.6 is 0 Å². The normalized spacial score (nSPS) is 12.4. The fourth-order valence-corrected chi connectivity index (χ4v) is 5.10. The lowest BCUT2D eigenvalue weighted by Gasteiger charge is -2.18. The fraction of sp³-hybridized carbons (Fsp3) is 0.235. The summed E-state index contributed by atoms with van der Waals surface area (Å²) in [4.78, 5) is 42.4. The van der Waals surface area contributed by atoms with Crippen LogP contribution in [0.5, 0.6) is 11.5 Å². The van der Waals surface area contributed by atoms with Crippen LogP contribution in [0.3, 0.4) is 0 Å². The summed E-state index contributed by atoms with van der Waals surface area (Å²) in [5.41, 5.74) is 2.13. The highest BCUT2D eigenvalue weighted by molar-refractivity contribution is 5.91. The monoisotopic (exact) mass is 641 g/mol. The molecule has 244 valence electrons. The molecule has 13 nitrogen and oxygen atoms in total. The zero-order chi connectivity index (χ0) is 33.2. The van der Waals surface area contributed by atoms with Gasteiger partial charge in [0.2, 0.25) is 11.4 Å². The summed E-state index contributed by atoms with van der Waals surface area (Å²) >= 11 is 0. The molecule has 2 heterocycles. The van der Waals surface area contributed by atoms with Crippen LogP contribution in [0.25, 0.3) is 10.9 Å². The summed E-state index contributed by atoms with van der Waals surface area (Å²) < 4.78 is 11.2. The summed E-state index contributed by atoms with van der Waals surface area (Å²) in [6.07, 6.45) is 0.685. The molecule has 2 amide bonds. The second-order valence-corrected chi connectivity index (χ2v) is 10.7. The van der Waals surface area contributed by atoms with Crippen LogP contribution < -0.4 is 26.2 Å². The number of benzene rings is 3. The first-order chi connectivity index (χ1) is 22.8. The number of hydrogen-bond donors (Lipinski definition) is 7. The van der Waals surface area contributed by atoms with Crippen molar-refractivity contribution in [3.8, 4) is 11.5 Å². The number of unbranched alkanes of at least 4 members (excludes halogenated alkanes) is 1. The van der Waals surface area contributed by atoms with Crippen LogP contribution in [0.4, 0.5) is 4.79 Å². The zero-order valence-electron chi connectivity index (χ0n) is 25.3. The van der Waals surface area contributed by atoms with Crippen molar-refractivity contribution in [1.82, 2.24) is 25.9 Å². The number of carbonyl (C=O) groups is 2. The molecule has 0 aliphatic rings. The number of ether oxygens (including phenoxy) is 1. The standard InChI is InChI=1S/C34H35N5O8/c40-27-13-11-24(25-12-14-29(42)38-32(25)27)28(41)18-35-15-4-5-16-36-33(43)26-19-47-30(37-26)20-46-23-10-6-9-22(17-23)31(39-34(44)45)21-7-2-1-3-8-21/h1-3,6-14,17,19,28,31,35,39-41H,4-5,15-16,18,20H2,(H,36,43)(H,38,42)(H,44,45). The maximum atomic E-state index is 12.5. The second-order valence-electron chi connectivity index (χ2n) is 10.7. The Kier molecular flexibility index (Phi) is 10.8. The Morgan fingerprint density at radius 2 is 1.74 bits per heavy atom. The van der Waals surface area contributed by atoms with Gasteiger partial charge in [0.15, 0.2) is 12.3 Å². The number of aliphatic hydroxyl groups is 1. The summed E-state index contributed by atoms with van der Waals surface area (Å²) in [6, 6.07) is 21.6. The molecular weight excluding hydrogens is 606 g/mol. The second kappa shape index (κ2) is 15.6. The molecule has 47 heavy (non-hydrogen) atoms. The van der Waals surface area contributed by atoms with Crippen LogP contribution in [0.15, 0.2) is 94.3 Å². The fourth-order valence-electron chi connectivity index (χ4n) is 5.10. The molecule has 5 aromatic rings. The quantitative estimate of drug-likeness (QED) is 0.0820. The molecule has 0 fully saturated rings. The lowest BCUT2D eigenvalue weighted by atomic mass is 9.99. The molecule has 0 saturated heterocycles. The van der Waals surface area contributed by atoms with Gasteiger partial charge < -0.3 is 45.4 Å². The molecular formula is C34H35N5O8. The molecule has 13 heteroatoms. The summed E-state index contributed by atoms with van der Waals surface area (Å²) in [6.45, 7) is 1.25. The Bertz CT molecular complexity index is 1870. The van der Waals surface area contributed by atoms with Gasteiger partial charge in [-0.15, -0.1) is 0 Å². The van der Waals surface area contributed by atoms with Crippen LogP contribution in [-0.4, -0.2) is 56.9 Å². The van der Waals surface area contributed by atoms with Gasteiger partial charge in [0, 0.05) is 24.5 Å². The molecule has 0 aliphatic heterocycles. The minimum absolute atomic E-state index is 0.0332. The largest absolute Gasteiger partial charge is 0.506 e. The van der Waals surface area contributed by atoms with Crippen molar-refractivity contribution >= 4 is 22.9 Å². The van der Waals surface area contributed by atoms with E-state index in [4.69, 9.17) is 9.15 Å². The topological polar surface area (TPSA) is 199 Å². The number of oxazole rings is 1. The van der Waals surface area contributed by atoms with E-state index in [1.54, 1.807) is 36.4 Å². The van der Waals surface area contributed by atoms with Gasteiger partial charge >= 0.3 is 6.09 Å². The minimum Gasteiger partial charge on any atom is -0.506 e. The van der Waals surface area contributed by atoms with Crippen molar-refractivity contribution in [1.29, 1.82) is 0 Å². The number of aromatic amines is 1. The van der Waals surface area contributed by atoms with Crippen molar-refractivity contribution < 1.29 is 34.1 Å². The van der Waals surface area contributed by atoms with Crippen LogP contribution in [0.1, 0.15) is 58.1 Å². The predicted octanol–water partition coefficient (Wildman–Crippen LogP) is 3.99. The number of phenolic OH excluding ortho intramolecular Hbond substituents is 1. The Labute approximate surface area is 269 Å². The number of fused-ring (bicyclic) bond motifs is 1. The van der Waals surface area contributed by atoms with E-state index in [-0.39, 0.29) is 47.5 Å². The third kappa shape index (κ3) is 8.75. The Morgan fingerprint density at radius 1 is 0.957 bits per heavy atom. The molecule has 0 spiro atoms. The number of H-pyrrole nitrogens is 1. The van der Waals surface area contributed by atoms with Gasteiger partial charge in [0.05, 0.1) is 17.7 Å². The lowest BCUT2D eigenvalue weighted by Crippen LogP contribution is -2.27. The van der Waals surface area contributed by atoms with E-state index < -0.39 is 18.2 Å². The molecule has 3 aromatic carbocycles. The average Bonchev–Trinajstić information content (AvgIpc) is 3.56. The number of aromatic hydroxyl groups is 1. The van der Waals surface area contributed by atoms with E-state index in [1.165, 1.54) is 18.4 Å². The van der Waals surface area contributed by atoms with Gasteiger partial charge in [-0.05, 0) is 60.3 Å². The maximum Gasteiger partial charge on any atom is 0.405 e. The Hall–Kier alpha value is -5.66. The van der Waals surface area contributed by atoms with Gasteiger partial charge in [-0.1, -0.05) is 48.5 Å². The highest BCUT2D eigenvalue weighted by atomic mass is 16.5. The van der Waals surface area contributed by atoms with E-state index in [2.05, 4.69) is 25.9 Å². The zero-order valence-corrected chi connectivity index (χ0v) is 25.3. The average molecular weight is 642 g/mol. The van der Waals surface area contributed by atoms with Gasteiger partial charge in [0.25, 0.3) is 5.91 Å². The van der Waals surface area contributed by atoms with Crippen LogP contribution in [-0.2, 0) is 6.61 Å². The lowest BCUT2D eigenvalue weighted by molar-refractivity contribution is 0.0947. The number of amides is 2. The first-order valence-corrected chi connectivity index (χ1v) is 15.0. The molecule has 2 atom stereocenters. The van der Waals surface area contributed by atoms with Crippen molar-refractivity contribution in [2.45, 2.75) is 31.6 Å². The number of phenols is 1. The molecule has 7 N–H and O–H groups in total. The van der Waals surface area contributed by atoms with Crippen LogP contribution in [0.2, 0.25) is 0 Å². The van der Waals surface area contributed by atoms with Crippen LogP contribution in [0, 0.1) is 0 Å². The van der Waals surface area contributed by atoms with E-state index in [0.717, 1.165) is 12.0 Å². The first-order valence-electron chi connectivity index (χ1n) is 15.0. The van der Waals surface area contributed by atoms with Gasteiger partial charge in [-0.2, -0.15) is 0 Å². The SMILES string of the molecule is O=C(O)NC(c1ccccc1)c1cccc(OCc2nc(C(=O)NCCCCNCC(O)c3ccc(O)c4[nH]c(=O)ccc34)co2)c1. The highest BCUT2D eigenvalue weighted by Crippen LogP contribution is 2.29. The van der Waals surface area contributed by atoms with Crippen molar-refractivity contribution in [3.05, 3.63) is 124 Å². The third-order valence-electron chi connectivity index (χ3n) is 7.41. The molecule has 0 saturated carbocycles. The van der Waals surface area contributed by atoms with Crippen molar-refractivity contribution in [2.24, 2.45) is 0 Å². The number of nitrogens with one attached hydrogen (secondary N) is 4. The third-order valence-corrected chi connectivity index (χ3v) is 7.41. The first kappa shape index (κ1) is 32.7. The molecule has 2 aromatic heterocycles. The Balaban J connectivity index is 1.03. The number of rotatable bonds is 15. The van der Waals surface area contributed by atoms with Crippen molar-refractivity contribution in [3.63, 3.8) is 0 Å². The minimum atomic E-state index is -1.15. The molecule has 2 unspecified atom stereocenters. The maximum absolute atomic E-state index is 12.5. The molecule has 0 radical (unpaired) electrons. The smallest absolute Gasteiger partial charge is 0.405 e. The molecule has 0 aliphatic carbocycles. The van der Waals surface area contributed by atoms with Crippen molar-refractivity contribution in [2.75, 3.05) is 19.6 Å². The van der Waals surface area contributed by atoms with E-state index in [9.17, 15) is 29.7 Å². The number of nitrogens with zero attached hydrogens (tertiary/aromatic N) is 1. The number of pyridine rings is 1.